The van der Waals surface area contributed by atoms with E-state index in [1.54, 1.807) is 37.5 Å². The van der Waals surface area contributed by atoms with Crippen LogP contribution in [-0.2, 0) is 4.79 Å². The smallest absolute Gasteiger partial charge is 0.389 e. The monoisotopic (exact) mass is 462 g/mol. The molecule has 3 aromatic rings. The lowest BCUT2D eigenvalue weighted by Crippen LogP contribution is -2.09. The number of benzene rings is 2. The molecule has 2 aromatic carbocycles. The predicted octanol–water partition coefficient (Wildman–Crippen LogP) is 6.19. The maximum atomic E-state index is 12.2. The SMILES string of the molecule is COc1ccc(-c2csc(NC(=O)C=Cc3ccc(OCCCC(F)(F)F)cc3)n2)cc1. The van der Waals surface area contributed by atoms with E-state index in [1.165, 1.54) is 17.4 Å². The molecule has 3 rings (SSSR count). The number of carbonyl (C=O) groups is 1. The predicted molar refractivity (Wildman–Crippen MR) is 119 cm³/mol. The molecular formula is C23H21F3N2O3S. The highest BCUT2D eigenvalue weighted by atomic mass is 32.1. The second-order valence-corrected chi connectivity index (χ2v) is 7.58. The lowest BCUT2D eigenvalue weighted by molar-refractivity contribution is -0.136. The number of ether oxygens (including phenoxy) is 2. The quantitative estimate of drug-likeness (QED) is 0.304. The topological polar surface area (TPSA) is 60.5 Å². The van der Waals surface area contributed by atoms with Crippen LogP contribution in [0.4, 0.5) is 18.3 Å². The maximum absolute atomic E-state index is 12.2. The van der Waals surface area contributed by atoms with Crippen LogP contribution < -0.4 is 14.8 Å². The fraction of sp³-hybridized carbons (Fsp3) is 0.217. The molecule has 0 saturated carbocycles. The summed E-state index contributed by atoms with van der Waals surface area (Å²) < 4.78 is 46.8. The van der Waals surface area contributed by atoms with Crippen molar-refractivity contribution in [2.75, 3.05) is 19.0 Å². The van der Waals surface area contributed by atoms with Crippen LogP contribution in [0.1, 0.15) is 18.4 Å². The number of amides is 1. The molecule has 1 heterocycles. The van der Waals surface area contributed by atoms with Crippen LogP contribution in [0.2, 0.25) is 0 Å². The average molecular weight is 462 g/mol. The van der Waals surface area contributed by atoms with Crippen LogP contribution in [0.15, 0.2) is 60.0 Å². The summed E-state index contributed by atoms with van der Waals surface area (Å²) in [5.74, 6) is 0.902. The molecule has 1 N–H and O–H groups in total. The van der Waals surface area contributed by atoms with Gasteiger partial charge in [-0.3, -0.25) is 10.1 Å². The van der Waals surface area contributed by atoms with Gasteiger partial charge in [0.25, 0.3) is 0 Å². The minimum absolute atomic E-state index is 0.0105. The summed E-state index contributed by atoms with van der Waals surface area (Å²) in [7, 11) is 1.60. The molecular weight excluding hydrogens is 441 g/mol. The molecule has 5 nitrogen and oxygen atoms in total. The van der Waals surface area contributed by atoms with E-state index < -0.39 is 12.6 Å². The Labute approximate surface area is 187 Å². The standard InChI is InChI=1S/C23H21F3N2O3S/c1-30-18-10-6-17(7-11-18)20-15-32-22(27-20)28-21(29)12-5-16-3-8-19(9-4-16)31-14-2-13-23(24,25)26/h3-12,15H,2,13-14H2,1H3,(H,27,28,29). The minimum atomic E-state index is -4.17. The number of thiazole rings is 1. The first kappa shape index (κ1) is 23.3. The summed E-state index contributed by atoms with van der Waals surface area (Å²) in [5.41, 5.74) is 2.42. The Hall–Kier alpha value is -3.33. The summed E-state index contributed by atoms with van der Waals surface area (Å²) in [4.78, 5) is 16.6. The number of rotatable bonds is 9. The zero-order valence-corrected chi connectivity index (χ0v) is 18.0. The number of hydrogen-bond donors (Lipinski definition) is 1. The largest absolute Gasteiger partial charge is 0.497 e. The van der Waals surface area contributed by atoms with E-state index in [0.717, 1.165) is 22.6 Å². The van der Waals surface area contributed by atoms with E-state index in [4.69, 9.17) is 9.47 Å². The molecule has 0 aliphatic heterocycles. The Morgan fingerprint density at radius 1 is 1.09 bits per heavy atom. The molecule has 168 valence electrons. The van der Waals surface area contributed by atoms with Crippen molar-refractivity contribution in [1.82, 2.24) is 4.98 Å². The van der Waals surface area contributed by atoms with E-state index in [0.29, 0.717) is 10.9 Å². The van der Waals surface area contributed by atoms with Crippen LogP contribution in [0.25, 0.3) is 17.3 Å². The highest BCUT2D eigenvalue weighted by Crippen LogP contribution is 2.26. The first-order valence-electron chi connectivity index (χ1n) is 9.71. The molecule has 0 bridgehead atoms. The number of halogens is 3. The summed E-state index contributed by atoms with van der Waals surface area (Å²) in [5, 5.41) is 5.06. The van der Waals surface area contributed by atoms with Gasteiger partial charge >= 0.3 is 6.18 Å². The molecule has 0 atom stereocenters. The summed E-state index contributed by atoms with van der Waals surface area (Å²) in [6, 6.07) is 14.2. The van der Waals surface area contributed by atoms with Crippen molar-refractivity contribution in [1.29, 1.82) is 0 Å². The van der Waals surface area contributed by atoms with Gasteiger partial charge in [-0.1, -0.05) is 12.1 Å². The molecule has 0 radical (unpaired) electrons. The van der Waals surface area contributed by atoms with Gasteiger partial charge in [0.2, 0.25) is 5.91 Å². The number of methoxy groups -OCH3 is 1. The van der Waals surface area contributed by atoms with Crippen LogP contribution in [-0.4, -0.2) is 30.8 Å². The molecule has 1 aromatic heterocycles. The van der Waals surface area contributed by atoms with Gasteiger partial charge in [0.1, 0.15) is 11.5 Å². The van der Waals surface area contributed by atoms with Crippen LogP contribution in [0.5, 0.6) is 11.5 Å². The fourth-order valence-corrected chi connectivity index (χ4v) is 3.40. The average Bonchev–Trinajstić information content (AvgIpc) is 3.24. The number of nitrogens with zero attached hydrogens (tertiary/aromatic N) is 1. The van der Waals surface area contributed by atoms with Gasteiger partial charge in [-0.05, 0) is 54.5 Å². The normalized spacial score (nSPS) is 11.5. The second kappa shape index (κ2) is 10.8. The molecule has 0 aliphatic rings. The van der Waals surface area contributed by atoms with E-state index in [-0.39, 0.29) is 18.9 Å². The Morgan fingerprint density at radius 3 is 2.44 bits per heavy atom. The van der Waals surface area contributed by atoms with Crippen LogP contribution in [0.3, 0.4) is 0 Å². The number of anilines is 1. The van der Waals surface area contributed by atoms with Crippen molar-refractivity contribution >= 4 is 28.5 Å². The summed E-state index contributed by atoms with van der Waals surface area (Å²) >= 11 is 1.32. The Balaban J connectivity index is 1.48. The van der Waals surface area contributed by atoms with Gasteiger partial charge in [-0.25, -0.2) is 4.98 Å². The fourth-order valence-electron chi connectivity index (χ4n) is 2.68. The number of aromatic nitrogens is 1. The van der Waals surface area contributed by atoms with E-state index in [2.05, 4.69) is 10.3 Å². The highest BCUT2D eigenvalue weighted by molar-refractivity contribution is 7.14. The molecule has 0 saturated heterocycles. The molecule has 1 amide bonds. The maximum Gasteiger partial charge on any atom is 0.389 e. The summed E-state index contributed by atoms with van der Waals surface area (Å²) in [6.45, 7) is -0.0105. The molecule has 0 aliphatic carbocycles. The third-order valence-corrected chi connectivity index (χ3v) is 5.06. The zero-order valence-electron chi connectivity index (χ0n) is 17.2. The number of nitrogens with one attached hydrogen (secondary N) is 1. The number of hydrogen-bond acceptors (Lipinski definition) is 5. The molecule has 0 fully saturated rings. The van der Waals surface area contributed by atoms with E-state index in [9.17, 15) is 18.0 Å². The molecule has 0 unspecified atom stereocenters. The van der Waals surface area contributed by atoms with Gasteiger partial charge < -0.3 is 9.47 Å². The van der Waals surface area contributed by atoms with Gasteiger partial charge in [0.05, 0.1) is 19.4 Å². The number of alkyl halides is 3. The van der Waals surface area contributed by atoms with Crippen molar-refractivity contribution in [3.05, 3.63) is 65.6 Å². The van der Waals surface area contributed by atoms with Gasteiger partial charge in [0.15, 0.2) is 5.13 Å². The third-order valence-electron chi connectivity index (χ3n) is 4.30. The lowest BCUT2D eigenvalue weighted by Gasteiger charge is -2.08. The first-order chi connectivity index (χ1) is 15.3. The van der Waals surface area contributed by atoms with Gasteiger partial charge in [-0.15, -0.1) is 11.3 Å². The minimum Gasteiger partial charge on any atom is -0.497 e. The van der Waals surface area contributed by atoms with Crippen molar-refractivity contribution in [3.8, 4) is 22.8 Å². The Bertz CT molecular complexity index is 1050. The highest BCUT2D eigenvalue weighted by Gasteiger charge is 2.26. The van der Waals surface area contributed by atoms with Crippen molar-refractivity contribution < 1.29 is 27.4 Å². The van der Waals surface area contributed by atoms with Crippen LogP contribution >= 0.6 is 11.3 Å². The van der Waals surface area contributed by atoms with Crippen LogP contribution in [0, 0.1) is 0 Å². The van der Waals surface area contributed by atoms with E-state index in [1.807, 2.05) is 29.6 Å². The van der Waals surface area contributed by atoms with Crippen molar-refractivity contribution in [3.63, 3.8) is 0 Å². The molecule has 9 heteroatoms. The van der Waals surface area contributed by atoms with Crippen molar-refractivity contribution in [2.24, 2.45) is 0 Å². The molecule has 0 spiro atoms. The summed E-state index contributed by atoms with van der Waals surface area (Å²) in [6.07, 6.45) is -2.13. The number of carbonyl (C=O) groups excluding carboxylic acids is 1. The van der Waals surface area contributed by atoms with Gasteiger partial charge in [-0.2, -0.15) is 13.2 Å². The van der Waals surface area contributed by atoms with Gasteiger partial charge in [0, 0.05) is 23.4 Å². The lowest BCUT2D eigenvalue weighted by atomic mass is 10.2. The van der Waals surface area contributed by atoms with Crippen molar-refractivity contribution in [2.45, 2.75) is 19.0 Å². The third kappa shape index (κ3) is 7.42. The first-order valence-corrected chi connectivity index (χ1v) is 10.6. The second-order valence-electron chi connectivity index (χ2n) is 6.73. The molecule has 32 heavy (non-hydrogen) atoms. The Morgan fingerprint density at radius 2 is 1.78 bits per heavy atom. The zero-order chi connectivity index (χ0) is 23.0. The Kier molecular flexibility index (Phi) is 7.88. The van der Waals surface area contributed by atoms with E-state index >= 15 is 0 Å².